The minimum Gasteiger partial charge on any atom is -0.455 e. The zero-order valence-electron chi connectivity index (χ0n) is 14.3. The lowest BCUT2D eigenvalue weighted by Crippen LogP contribution is -2.25. The Balaban J connectivity index is 1.70. The Hall–Kier alpha value is -3.30. The van der Waals surface area contributed by atoms with Crippen LogP contribution < -0.4 is 5.43 Å². The second-order valence-electron chi connectivity index (χ2n) is 5.67. The number of aliphatic hydroxyl groups excluding tert-OH is 1. The molecule has 0 unspecified atom stereocenters. The molecule has 0 aliphatic carbocycles. The number of amides is 1. The van der Waals surface area contributed by atoms with Gasteiger partial charge in [0.2, 0.25) is 0 Å². The quantitative estimate of drug-likeness (QED) is 0.341. The summed E-state index contributed by atoms with van der Waals surface area (Å²) in [5, 5.41) is 24.9. The van der Waals surface area contributed by atoms with Crippen LogP contribution in [0.5, 0.6) is 0 Å². The third kappa shape index (κ3) is 4.51. The number of nitrogens with one attached hydrogen (secondary N) is 1. The van der Waals surface area contributed by atoms with Gasteiger partial charge in [-0.05, 0) is 29.8 Å². The molecule has 1 aromatic heterocycles. The van der Waals surface area contributed by atoms with Gasteiger partial charge in [-0.15, -0.1) is 0 Å². The van der Waals surface area contributed by atoms with Gasteiger partial charge in [-0.2, -0.15) is 5.10 Å². The zero-order valence-corrected chi connectivity index (χ0v) is 15.9. The average molecular weight is 444 g/mol. The van der Waals surface area contributed by atoms with E-state index in [4.69, 9.17) is 4.42 Å². The van der Waals surface area contributed by atoms with Crippen LogP contribution in [0.2, 0.25) is 0 Å². The summed E-state index contributed by atoms with van der Waals surface area (Å²) in [6.45, 7) is 0. The highest BCUT2D eigenvalue weighted by molar-refractivity contribution is 9.10. The molecule has 28 heavy (non-hydrogen) atoms. The van der Waals surface area contributed by atoms with Gasteiger partial charge in [-0.25, -0.2) is 5.43 Å². The van der Waals surface area contributed by atoms with E-state index in [-0.39, 0.29) is 17.2 Å². The van der Waals surface area contributed by atoms with Gasteiger partial charge in [0.05, 0.1) is 16.7 Å². The fourth-order valence-corrected chi connectivity index (χ4v) is 2.79. The minimum absolute atomic E-state index is 0.105. The van der Waals surface area contributed by atoms with E-state index >= 15 is 0 Å². The molecule has 0 saturated heterocycles. The Morgan fingerprint density at radius 1 is 1.21 bits per heavy atom. The summed E-state index contributed by atoms with van der Waals surface area (Å²) in [6, 6.07) is 16.2. The molecule has 3 aromatic rings. The van der Waals surface area contributed by atoms with Crippen molar-refractivity contribution < 1.29 is 19.2 Å². The summed E-state index contributed by atoms with van der Waals surface area (Å²) < 4.78 is 6.12. The third-order valence-corrected chi connectivity index (χ3v) is 4.27. The molecule has 0 fully saturated rings. The fourth-order valence-electron chi connectivity index (χ4n) is 2.44. The molecular formula is C19H14BrN3O5. The highest BCUT2D eigenvalue weighted by Gasteiger charge is 2.19. The normalized spacial score (nSPS) is 12.1. The number of rotatable bonds is 6. The highest BCUT2D eigenvalue weighted by atomic mass is 79.9. The first kappa shape index (κ1) is 19.5. The molecule has 0 radical (unpaired) electrons. The molecular weight excluding hydrogens is 430 g/mol. The largest absolute Gasteiger partial charge is 0.455 e. The minimum atomic E-state index is -1.35. The second kappa shape index (κ2) is 8.59. The summed E-state index contributed by atoms with van der Waals surface area (Å²) in [5.74, 6) is -0.129. The number of halogens is 1. The van der Waals surface area contributed by atoms with Gasteiger partial charge in [0.25, 0.3) is 11.6 Å². The fraction of sp³-hybridized carbons (Fsp3) is 0.0526. The first-order valence-corrected chi connectivity index (χ1v) is 8.85. The number of hydrogen-bond acceptors (Lipinski definition) is 6. The molecule has 1 amide bonds. The van der Waals surface area contributed by atoms with E-state index in [0.717, 1.165) is 0 Å². The lowest BCUT2D eigenvalue weighted by molar-refractivity contribution is -0.384. The molecule has 8 nitrogen and oxygen atoms in total. The number of hydrazone groups is 1. The summed E-state index contributed by atoms with van der Waals surface area (Å²) in [6.07, 6.45) is -0.111. The van der Waals surface area contributed by atoms with E-state index in [9.17, 15) is 20.0 Å². The van der Waals surface area contributed by atoms with Crippen molar-refractivity contribution in [2.75, 3.05) is 0 Å². The van der Waals surface area contributed by atoms with E-state index in [0.29, 0.717) is 15.6 Å². The van der Waals surface area contributed by atoms with Gasteiger partial charge < -0.3 is 9.52 Å². The number of nitro benzene ring substituents is 1. The molecule has 1 heterocycles. The van der Waals surface area contributed by atoms with Crippen molar-refractivity contribution in [2.24, 2.45) is 5.10 Å². The Labute approximate surface area is 167 Å². The predicted molar refractivity (Wildman–Crippen MR) is 106 cm³/mol. The molecule has 0 bridgehead atoms. The van der Waals surface area contributed by atoms with Crippen molar-refractivity contribution in [3.8, 4) is 11.3 Å². The Morgan fingerprint density at radius 2 is 1.96 bits per heavy atom. The number of benzene rings is 2. The number of aliphatic hydroxyl groups is 1. The predicted octanol–water partition coefficient (Wildman–Crippen LogP) is 3.80. The number of nitrogens with zero attached hydrogens (tertiary/aromatic N) is 2. The molecule has 0 aliphatic heterocycles. The van der Waals surface area contributed by atoms with Crippen LogP contribution in [0.3, 0.4) is 0 Å². The van der Waals surface area contributed by atoms with E-state index in [1.165, 1.54) is 12.3 Å². The summed E-state index contributed by atoms with van der Waals surface area (Å²) in [7, 11) is 0. The molecule has 2 N–H and O–H groups in total. The number of carbonyl (C=O) groups excluding carboxylic acids is 1. The monoisotopic (exact) mass is 443 g/mol. The molecule has 0 spiro atoms. The molecule has 142 valence electrons. The third-order valence-electron chi connectivity index (χ3n) is 3.78. The van der Waals surface area contributed by atoms with Crippen molar-refractivity contribution in [1.82, 2.24) is 5.43 Å². The van der Waals surface area contributed by atoms with Crippen LogP contribution in [-0.4, -0.2) is 22.2 Å². The standard InChI is InChI=1S/C19H14BrN3O5/c20-13-6-8-15(16(10-13)23(26)27)17-9-7-14(28-17)11-21-22-19(25)18(24)12-4-2-1-3-5-12/h1-11,18,24H,(H,22,25)/b21-11-/t18-/m1/s1. The lowest BCUT2D eigenvalue weighted by atomic mass is 10.1. The van der Waals surface area contributed by atoms with E-state index in [1.54, 1.807) is 54.6 Å². The van der Waals surface area contributed by atoms with Gasteiger partial charge in [0, 0.05) is 10.5 Å². The maximum absolute atomic E-state index is 11.9. The number of hydrogen-bond donors (Lipinski definition) is 2. The summed E-state index contributed by atoms with van der Waals surface area (Å²) in [5.41, 5.74) is 2.88. The summed E-state index contributed by atoms with van der Waals surface area (Å²) in [4.78, 5) is 22.7. The van der Waals surface area contributed by atoms with Gasteiger partial charge in [0.15, 0.2) is 6.10 Å². The first-order chi connectivity index (χ1) is 13.5. The van der Waals surface area contributed by atoms with Crippen molar-refractivity contribution in [2.45, 2.75) is 6.10 Å². The lowest BCUT2D eigenvalue weighted by Gasteiger charge is -2.08. The molecule has 1 atom stereocenters. The Bertz CT molecular complexity index is 1030. The average Bonchev–Trinajstić information content (AvgIpc) is 3.16. The van der Waals surface area contributed by atoms with Crippen LogP contribution in [0.25, 0.3) is 11.3 Å². The smallest absolute Gasteiger partial charge is 0.281 e. The van der Waals surface area contributed by atoms with Crippen LogP contribution in [0.4, 0.5) is 5.69 Å². The molecule has 0 aliphatic rings. The van der Waals surface area contributed by atoms with Gasteiger partial charge in [-0.1, -0.05) is 46.3 Å². The molecule has 9 heteroatoms. The number of carbonyl (C=O) groups is 1. The zero-order chi connectivity index (χ0) is 20.1. The number of furan rings is 1. The van der Waals surface area contributed by atoms with Crippen molar-refractivity contribution in [3.05, 3.63) is 86.6 Å². The van der Waals surface area contributed by atoms with Crippen LogP contribution in [0.15, 0.2) is 74.7 Å². The molecule has 3 rings (SSSR count). The molecule has 2 aromatic carbocycles. The highest BCUT2D eigenvalue weighted by Crippen LogP contribution is 2.33. The van der Waals surface area contributed by atoms with Gasteiger partial charge in [-0.3, -0.25) is 14.9 Å². The Morgan fingerprint density at radius 3 is 2.68 bits per heavy atom. The van der Waals surface area contributed by atoms with Crippen LogP contribution >= 0.6 is 15.9 Å². The number of nitro groups is 1. The van der Waals surface area contributed by atoms with E-state index < -0.39 is 16.9 Å². The maximum atomic E-state index is 11.9. The van der Waals surface area contributed by atoms with Crippen molar-refractivity contribution >= 4 is 33.7 Å². The molecule has 0 saturated carbocycles. The van der Waals surface area contributed by atoms with Crippen LogP contribution in [-0.2, 0) is 4.79 Å². The topological polar surface area (TPSA) is 118 Å². The van der Waals surface area contributed by atoms with Gasteiger partial charge >= 0.3 is 0 Å². The van der Waals surface area contributed by atoms with Gasteiger partial charge in [0.1, 0.15) is 11.5 Å². The summed E-state index contributed by atoms with van der Waals surface area (Å²) >= 11 is 3.20. The van der Waals surface area contributed by atoms with E-state index in [2.05, 4.69) is 26.5 Å². The maximum Gasteiger partial charge on any atom is 0.281 e. The second-order valence-corrected chi connectivity index (χ2v) is 6.58. The van der Waals surface area contributed by atoms with Crippen LogP contribution in [0, 0.1) is 10.1 Å². The van der Waals surface area contributed by atoms with Crippen molar-refractivity contribution in [3.63, 3.8) is 0 Å². The Kier molecular flexibility index (Phi) is 5.97. The van der Waals surface area contributed by atoms with Crippen LogP contribution in [0.1, 0.15) is 17.4 Å². The SMILES string of the molecule is O=C(N/N=C\c1ccc(-c2ccc(Br)cc2[N+](=O)[O-])o1)[C@H](O)c1ccccc1. The van der Waals surface area contributed by atoms with Crippen molar-refractivity contribution in [1.29, 1.82) is 0 Å². The van der Waals surface area contributed by atoms with E-state index in [1.807, 2.05) is 0 Å². The first-order valence-electron chi connectivity index (χ1n) is 8.06.